The molecule has 36 heavy (non-hydrogen) atoms. The van der Waals surface area contributed by atoms with E-state index < -0.39 is 34.0 Å². The number of aromatic nitrogens is 2. The molecular formula is C25H29F2N3O5S. The molecule has 0 bridgehead atoms. The highest BCUT2D eigenvalue weighted by atomic mass is 32.2. The Morgan fingerprint density at radius 3 is 2.36 bits per heavy atom. The predicted octanol–water partition coefficient (Wildman–Crippen LogP) is 3.94. The number of halogens is 2. The number of nitrogens with one attached hydrogen (secondary N) is 1. The second kappa shape index (κ2) is 11.4. The Kier molecular flexibility index (Phi) is 8.30. The Labute approximate surface area is 209 Å². The van der Waals surface area contributed by atoms with E-state index in [1.54, 1.807) is 6.08 Å². The Bertz CT molecular complexity index is 1180. The van der Waals surface area contributed by atoms with Gasteiger partial charge in [-0.3, -0.25) is 4.79 Å². The van der Waals surface area contributed by atoms with Crippen molar-refractivity contribution in [2.45, 2.75) is 55.1 Å². The monoisotopic (exact) mass is 521 g/mol. The smallest absolute Gasteiger partial charge is 0.257 e. The van der Waals surface area contributed by atoms with Crippen molar-refractivity contribution in [3.63, 3.8) is 0 Å². The van der Waals surface area contributed by atoms with Crippen LogP contribution in [0, 0.1) is 5.92 Å². The largest absolute Gasteiger partial charge is 0.474 e. The Balaban J connectivity index is 1.51. The molecule has 2 aliphatic rings. The van der Waals surface area contributed by atoms with Crippen LogP contribution >= 0.6 is 0 Å². The highest BCUT2D eigenvalue weighted by molar-refractivity contribution is 7.92. The molecule has 1 amide bonds. The Morgan fingerprint density at radius 1 is 1.08 bits per heavy atom. The van der Waals surface area contributed by atoms with E-state index in [1.165, 1.54) is 36.7 Å². The van der Waals surface area contributed by atoms with Gasteiger partial charge in [-0.1, -0.05) is 18.2 Å². The van der Waals surface area contributed by atoms with Crippen molar-refractivity contribution in [3.05, 3.63) is 48.3 Å². The molecule has 2 aromatic rings. The SMILES string of the molecule is CCOCCOc1cnc(NC(=O)/C(=C/C2CC(F)C(F)C2)c2ccc(S(=O)(=O)C3CC3)cc2)cn1. The fourth-order valence-electron chi connectivity index (χ4n) is 4.03. The lowest BCUT2D eigenvalue weighted by molar-refractivity contribution is -0.111. The zero-order valence-electron chi connectivity index (χ0n) is 19.9. The molecule has 2 atom stereocenters. The molecule has 0 spiro atoms. The molecule has 1 aromatic carbocycles. The van der Waals surface area contributed by atoms with E-state index in [0.29, 0.717) is 38.2 Å². The summed E-state index contributed by atoms with van der Waals surface area (Å²) in [6.07, 6.45) is 2.31. The third-order valence-corrected chi connectivity index (χ3v) is 8.38. The molecule has 2 fully saturated rings. The molecule has 2 unspecified atom stereocenters. The lowest BCUT2D eigenvalue weighted by Gasteiger charge is -2.13. The van der Waals surface area contributed by atoms with Gasteiger partial charge in [-0.05, 0) is 56.2 Å². The summed E-state index contributed by atoms with van der Waals surface area (Å²) in [6, 6.07) is 6.00. The van der Waals surface area contributed by atoms with E-state index in [9.17, 15) is 22.0 Å². The van der Waals surface area contributed by atoms with Crippen LogP contribution in [0.2, 0.25) is 0 Å². The molecule has 1 aromatic heterocycles. The summed E-state index contributed by atoms with van der Waals surface area (Å²) >= 11 is 0. The molecule has 0 aliphatic heterocycles. The lowest BCUT2D eigenvalue weighted by Crippen LogP contribution is -2.16. The van der Waals surface area contributed by atoms with Crippen LogP contribution in [0.1, 0.15) is 38.2 Å². The minimum absolute atomic E-state index is 0.0281. The summed E-state index contributed by atoms with van der Waals surface area (Å²) in [6.45, 7) is 3.17. The zero-order valence-corrected chi connectivity index (χ0v) is 20.7. The van der Waals surface area contributed by atoms with Gasteiger partial charge in [0.1, 0.15) is 19.0 Å². The maximum absolute atomic E-state index is 13.8. The second-order valence-electron chi connectivity index (χ2n) is 8.85. The van der Waals surface area contributed by atoms with Crippen molar-refractivity contribution in [2.75, 3.05) is 25.1 Å². The van der Waals surface area contributed by atoms with E-state index in [2.05, 4.69) is 15.3 Å². The first-order valence-electron chi connectivity index (χ1n) is 12.0. The fraction of sp³-hybridized carbons (Fsp3) is 0.480. The number of anilines is 1. The number of ether oxygens (including phenoxy) is 2. The van der Waals surface area contributed by atoms with Gasteiger partial charge in [0.2, 0.25) is 5.88 Å². The van der Waals surface area contributed by atoms with Crippen molar-refractivity contribution >= 4 is 27.1 Å². The van der Waals surface area contributed by atoms with Crippen LogP contribution in [0.15, 0.2) is 47.6 Å². The number of amides is 1. The standard InChI is InChI=1S/C25H29F2N3O5S/c1-2-34-9-10-35-24-15-28-23(14-29-24)30-25(31)20(11-16-12-21(26)22(27)13-16)17-3-5-18(6-4-17)36(32,33)19-7-8-19/h3-6,11,14-16,19,21-22H,2,7-10,12-13H2,1H3,(H,28,30,31)/b20-11+. The topological polar surface area (TPSA) is 107 Å². The molecule has 1 heterocycles. The third-order valence-electron chi connectivity index (χ3n) is 6.10. The molecule has 1 N–H and O–H groups in total. The minimum Gasteiger partial charge on any atom is -0.474 e. The summed E-state index contributed by atoms with van der Waals surface area (Å²) in [5.74, 6) is -0.596. The number of allylic oxidation sites excluding steroid dienone is 1. The number of carbonyl (C=O) groups is 1. The summed E-state index contributed by atoms with van der Waals surface area (Å²) in [5, 5.41) is 2.29. The minimum atomic E-state index is -3.39. The molecule has 2 aliphatic carbocycles. The maximum atomic E-state index is 13.8. The highest BCUT2D eigenvalue weighted by Gasteiger charge is 2.37. The van der Waals surface area contributed by atoms with E-state index in [-0.39, 0.29) is 40.3 Å². The molecule has 194 valence electrons. The summed E-state index contributed by atoms with van der Waals surface area (Å²) < 4.78 is 63.2. The first-order valence-corrected chi connectivity index (χ1v) is 13.5. The van der Waals surface area contributed by atoms with Crippen molar-refractivity contribution in [3.8, 4) is 5.88 Å². The summed E-state index contributed by atoms with van der Waals surface area (Å²) in [5.41, 5.74) is 0.610. The third kappa shape index (κ3) is 6.44. The van der Waals surface area contributed by atoms with E-state index >= 15 is 0 Å². The highest BCUT2D eigenvalue weighted by Crippen LogP contribution is 2.36. The quantitative estimate of drug-likeness (QED) is 0.353. The van der Waals surface area contributed by atoms with Crippen LogP contribution in [0.3, 0.4) is 0 Å². The van der Waals surface area contributed by atoms with Crippen molar-refractivity contribution in [2.24, 2.45) is 5.92 Å². The molecule has 0 radical (unpaired) electrons. The van der Waals surface area contributed by atoms with Gasteiger partial charge in [0, 0.05) is 12.2 Å². The number of hydrogen-bond acceptors (Lipinski definition) is 7. The Morgan fingerprint density at radius 2 is 1.78 bits per heavy atom. The number of nitrogens with zero attached hydrogens (tertiary/aromatic N) is 2. The molecule has 0 saturated heterocycles. The van der Waals surface area contributed by atoms with Gasteiger partial charge in [-0.25, -0.2) is 27.2 Å². The number of carbonyl (C=O) groups excluding carboxylic acids is 1. The Hall–Kier alpha value is -2.92. The molecule has 2 saturated carbocycles. The number of hydrogen-bond donors (Lipinski definition) is 1. The molecule has 11 heteroatoms. The first kappa shape index (κ1) is 26.2. The number of alkyl halides is 2. The second-order valence-corrected chi connectivity index (χ2v) is 11.1. The molecular weight excluding hydrogens is 492 g/mol. The van der Waals surface area contributed by atoms with E-state index in [4.69, 9.17) is 9.47 Å². The number of rotatable bonds is 11. The molecule has 4 rings (SSSR count). The van der Waals surface area contributed by atoms with Gasteiger partial charge < -0.3 is 14.8 Å². The maximum Gasteiger partial charge on any atom is 0.257 e. The lowest BCUT2D eigenvalue weighted by atomic mass is 9.98. The van der Waals surface area contributed by atoms with Gasteiger partial charge in [0.05, 0.1) is 29.1 Å². The van der Waals surface area contributed by atoms with Crippen molar-refractivity contribution in [1.82, 2.24) is 9.97 Å². The van der Waals surface area contributed by atoms with Crippen molar-refractivity contribution in [1.29, 1.82) is 0 Å². The fourth-order valence-corrected chi connectivity index (χ4v) is 5.69. The summed E-state index contributed by atoms with van der Waals surface area (Å²) in [4.78, 5) is 21.6. The van der Waals surface area contributed by atoms with Gasteiger partial charge in [-0.15, -0.1) is 0 Å². The van der Waals surface area contributed by atoms with Crippen LogP contribution in [-0.4, -0.2) is 61.7 Å². The average molecular weight is 522 g/mol. The van der Waals surface area contributed by atoms with Gasteiger partial charge in [0.15, 0.2) is 15.7 Å². The van der Waals surface area contributed by atoms with Crippen LogP contribution in [0.5, 0.6) is 5.88 Å². The van der Waals surface area contributed by atoms with Gasteiger partial charge >= 0.3 is 0 Å². The first-order chi connectivity index (χ1) is 17.3. The van der Waals surface area contributed by atoms with Crippen LogP contribution in [0.25, 0.3) is 5.57 Å². The van der Waals surface area contributed by atoms with E-state index in [0.717, 1.165) is 0 Å². The van der Waals surface area contributed by atoms with E-state index in [1.807, 2.05) is 6.92 Å². The zero-order chi connectivity index (χ0) is 25.7. The van der Waals surface area contributed by atoms with Crippen molar-refractivity contribution < 1.29 is 31.5 Å². The van der Waals surface area contributed by atoms with Crippen LogP contribution in [-0.2, 0) is 19.4 Å². The predicted molar refractivity (Wildman–Crippen MR) is 130 cm³/mol. The number of benzene rings is 1. The molecule has 8 nitrogen and oxygen atoms in total. The average Bonchev–Trinajstić information content (AvgIpc) is 3.68. The normalized spacial score (nSPS) is 22.4. The summed E-state index contributed by atoms with van der Waals surface area (Å²) in [7, 11) is -3.39. The number of sulfone groups is 1. The van der Waals surface area contributed by atoms with Crippen LogP contribution in [0.4, 0.5) is 14.6 Å². The van der Waals surface area contributed by atoms with Gasteiger partial charge in [-0.2, -0.15) is 0 Å². The van der Waals surface area contributed by atoms with Crippen LogP contribution < -0.4 is 10.1 Å². The van der Waals surface area contributed by atoms with Gasteiger partial charge in [0.25, 0.3) is 5.91 Å².